The maximum Gasteiger partial charge on any atom is 0.0737 e. The first-order chi connectivity index (χ1) is 9.74. The molecule has 1 atom stereocenters. The molecular weight excluding hydrogens is 270 g/mol. The van der Waals surface area contributed by atoms with Crippen LogP contribution in [0.4, 0.5) is 5.69 Å². The van der Waals surface area contributed by atoms with Crippen molar-refractivity contribution in [3.8, 4) is 0 Å². The maximum atomic E-state index is 6.01. The molecule has 0 aliphatic rings. The fraction of sp³-hybridized carbons (Fsp3) is 0.125. The molecule has 1 aromatic carbocycles. The molecule has 2 aromatic heterocycles. The number of fused-ring (bicyclic) bond motifs is 1. The average Bonchev–Trinajstić information content (AvgIpc) is 2.48. The molecule has 0 bridgehead atoms. The number of benzene rings is 1. The van der Waals surface area contributed by atoms with Crippen LogP contribution in [0.5, 0.6) is 0 Å². The third kappa shape index (κ3) is 2.58. The van der Waals surface area contributed by atoms with Gasteiger partial charge < -0.3 is 5.32 Å². The summed E-state index contributed by atoms with van der Waals surface area (Å²) in [5, 5.41) is 5.28. The van der Waals surface area contributed by atoms with E-state index < -0.39 is 0 Å². The number of halogens is 1. The highest BCUT2D eigenvalue weighted by Crippen LogP contribution is 2.27. The zero-order valence-corrected chi connectivity index (χ0v) is 11.8. The monoisotopic (exact) mass is 283 g/mol. The fourth-order valence-corrected chi connectivity index (χ4v) is 2.38. The van der Waals surface area contributed by atoms with Crippen LogP contribution >= 0.6 is 11.6 Å². The van der Waals surface area contributed by atoms with Crippen LogP contribution in [0, 0.1) is 0 Å². The SMILES string of the molecule is C[C@@H](Nc1ccnc2cc(Cl)ccc12)c1ccncc1. The lowest BCUT2D eigenvalue weighted by Crippen LogP contribution is -2.07. The molecule has 100 valence electrons. The van der Waals surface area contributed by atoms with Gasteiger partial charge in [-0.3, -0.25) is 9.97 Å². The predicted octanol–water partition coefficient (Wildman–Crippen LogP) is 4.46. The van der Waals surface area contributed by atoms with Crippen molar-refractivity contribution in [2.24, 2.45) is 0 Å². The summed E-state index contributed by atoms with van der Waals surface area (Å²) < 4.78 is 0. The normalized spacial score (nSPS) is 12.3. The van der Waals surface area contributed by atoms with E-state index in [4.69, 9.17) is 11.6 Å². The summed E-state index contributed by atoms with van der Waals surface area (Å²) in [6.45, 7) is 2.12. The second kappa shape index (κ2) is 5.47. The Morgan fingerprint density at radius 2 is 1.85 bits per heavy atom. The van der Waals surface area contributed by atoms with Crippen molar-refractivity contribution in [3.63, 3.8) is 0 Å². The molecule has 20 heavy (non-hydrogen) atoms. The Morgan fingerprint density at radius 3 is 2.65 bits per heavy atom. The fourth-order valence-electron chi connectivity index (χ4n) is 2.22. The zero-order chi connectivity index (χ0) is 13.9. The first-order valence-electron chi connectivity index (χ1n) is 6.45. The molecule has 0 fully saturated rings. The van der Waals surface area contributed by atoms with Gasteiger partial charge in [-0.05, 0) is 48.9 Å². The van der Waals surface area contributed by atoms with Gasteiger partial charge in [-0.25, -0.2) is 0 Å². The van der Waals surface area contributed by atoms with E-state index in [-0.39, 0.29) is 6.04 Å². The van der Waals surface area contributed by atoms with E-state index in [9.17, 15) is 0 Å². The van der Waals surface area contributed by atoms with Crippen LogP contribution in [0.3, 0.4) is 0 Å². The zero-order valence-electron chi connectivity index (χ0n) is 11.0. The molecule has 2 heterocycles. The van der Waals surface area contributed by atoms with Crippen molar-refractivity contribution in [3.05, 3.63) is 65.6 Å². The molecule has 0 saturated heterocycles. The molecule has 0 amide bonds. The Labute approximate surface area is 122 Å². The van der Waals surface area contributed by atoms with E-state index in [0.29, 0.717) is 5.02 Å². The molecule has 0 aliphatic heterocycles. The van der Waals surface area contributed by atoms with Gasteiger partial charge in [0.1, 0.15) is 0 Å². The second-order valence-electron chi connectivity index (χ2n) is 4.67. The van der Waals surface area contributed by atoms with Gasteiger partial charge in [-0.1, -0.05) is 11.6 Å². The number of hydrogen-bond donors (Lipinski definition) is 1. The van der Waals surface area contributed by atoms with E-state index >= 15 is 0 Å². The smallest absolute Gasteiger partial charge is 0.0737 e. The summed E-state index contributed by atoms with van der Waals surface area (Å²) in [4.78, 5) is 8.39. The Hall–Kier alpha value is -2.13. The Morgan fingerprint density at radius 1 is 1.05 bits per heavy atom. The van der Waals surface area contributed by atoms with Crippen LogP contribution in [0.1, 0.15) is 18.5 Å². The Bertz CT molecular complexity index is 728. The first kappa shape index (κ1) is 12.9. The van der Waals surface area contributed by atoms with E-state index in [1.807, 2.05) is 36.4 Å². The van der Waals surface area contributed by atoms with Gasteiger partial charge in [0.2, 0.25) is 0 Å². The molecule has 0 unspecified atom stereocenters. The summed E-state index contributed by atoms with van der Waals surface area (Å²) in [5.41, 5.74) is 3.14. The summed E-state index contributed by atoms with van der Waals surface area (Å²) in [6.07, 6.45) is 5.40. The van der Waals surface area contributed by atoms with Crippen molar-refractivity contribution < 1.29 is 0 Å². The van der Waals surface area contributed by atoms with Gasteiger partial charge in [0.05, 0.1) is 5.52 Å². The number of anilines is 1. The minimum Gasteiger partial charge on any atom is -0.378 e. The number of aromatic nitrogens is 2. The van der Waals surface area contributed by atoms with Crippen LogP contribution in [0.25, 0.3) is 10.9 Å². The molecule has 1 N–H and O–H groups in total. The largest absolute Gasteiger partial charge is 0.378 e. The molecule has 3 aromatic rings. The molecule has 4 heteroatoms. The van der Waals surface area contributed by atoms with Crippen LogP contribution in [-0.4, -0.2) is 9.97 Å². The highest BCUT2D eigenvalue weighted by atomic mass is 35.5. The maximum absolute atomic E-state index is 6.01. The summed E-state index contributed by atoms with van der Waals surface area (Å²) in [5.74, 6) is 0. The van der Waals surface area contributed by atoms with Crippen molar-refractivity contribution in [1.29, 1.82) is 0 Å². The van der Waals surface area contributed by atoms with Crippen molar-refractivity contribution in [1.82, 2.24) is 9.97 Å². The van der Waals surface area contributed by atoms with E-state index in [2.05, 4.69) is 22.2 Å². The van der Waals surface area contributed by atoms with Crippen LogP contribution < -0.4 is 5.32 Å². The number of hydrogen-bond acceptors (Lipinski definition) is 3. The predicted molar refractivity (Wildman–Crippen MR) is 83.0 cm³/mol. The van der Waals surface area contributed by atoms with Crippen molar-refractivity contribution in [2.45, 2.75) is 13.0 Å². The quantitative estimate of drug-likeness (QED) is 0.771. The molecule has 3 nitrogen and oxygen atoms in total. The van der Waals surface area contributed by atoms with E-state index in [1.54, 1.807) is 18.6 Å². The Balaban J connectivity index is 1.95. The minimum absolute atomic E-state index is 0.194. The standard InChI is InChI=1S/C16H14ClN3/c1-11(12-4-7-18-8-5-12)20-15-6-9-19-16-10-13(17)2-3-14(15)16/h2-11H,1H3,(H,19,20)/t11-/m1/s1. The summed E-state index contributed by atoms with van der Waals surface area (Å²) in [7, 11) is 0. The van der Waals surface area contributed by atoms with Gasteiger partial charge in [0.15, 0.2) is 0 Å². The number of pyridine rings is 2. The van der Waals surface area contributed by atoms with Gasteiger partial charge in [0, 0.05) is 40.7 Å². The van der Waals surface area contributed by atoms with Crippen molar-refractivity contribution in [2.75, 3.05) is 5.32 Å². The van der Waals surface area contributed by atoms with Crippen LogP contribution in [0.15, 0.2) is 55.0 Å². The van der Waals surface area contributed by atoms with Crippen LogP contribution in [-0.2, 0) is 0 Å². The third-order valence-corrected chi connectivity index (χ3v) is 3.52. The van der Waals surface area contributed by atoms with E-state index in [1.165, 1.54) is 5.56 Å². The topological polar surface area (TPSA) is 37.8 Å². The molecule has 0 radical (unpaired) electrons. The molecule has 0 saturated carbocycles. The minimum atomic E-state index is 0.194. The molecule has 0 aliphatic carbocycles. The summed E-state index contributed by atoms with van der Waals surface area (Å²) in [6, 6.07) is 11.9. The number of nitrogens with one attached hydrogen (secondary N) is 1. The third-order valence-electron chi connectivity index (χ3n) is 3.28. The average molecular weight is 284 g/mol. The second-order valence-corrected chi connectivity index (χ2v) is 5.10. The number of rotatable bonds is 3. The summed E-state index contributed by atoms with van der Waals surface area (Å²) >= 11 is 6.01. The van der Waals surface area contributed by atoms with E-state index in [0.717, 1.165) is 16.6 Å². The number of nitrogens with zero attached hydrogens (tertiary/aromatic N) is 2. The lowest BCUT2D eigenvalue weighted by molar-refractivity contribution is 0.882. The molecule has 3 rings (SSSR count). The van der Waals surface area contributed by atoms with Gasteiger partial charge in [-0.15, -0.1) is 0 Å². The highest BCUT2D eigenvalue weighted by molar-refractivity contribution is 6.31. The first-order valence-corrected chi connectivity index (χ1v) is 6.82. The molecule has 0 spiro atoms. The van der Waals surface area contributed by atoms with Gasteiger partial charge in [0.25, 0.3) is 0 Å². The van der Waals surface area contributed by atoms with Crippen LogP contribution in [0.2, 0.25) is 5.02 Å². The Kier molecular flexibility index (Phi) is 3.52. The van der Waals surface area contributed by atoms with Gasteiger partial charge >= 0.3 is 0 Å². The lowest BCUT2D eigenvalue weighted by Gasteiger charge is -2.17. The lowest BCUT2D eigenvalue weighted by atomic mass is 10.1. The highest BCUT2D eigenvalue weighted by Gasteiger charge is 2.08. The molecular formula is C16H14ClN3. The van der Waals surface area contributed by atoms with Crippen molar-refractivity contribution >= 4 is 28.2 Å². The van der Waals surface area contributed by atoms with Gasteiger partial charge in [-0.2, -0.15) is 0 Å².